The van der Waals surface area contributed by atoms with Crippen molar-refractivity contribution in [3.8, 4) is 11.5 Å². The van der Waals surface area contributed by atoms with Crippen molar-refractivity contribution in [2.75, 3.05) is 7.05 Å². The summed E-state index contributed by atoms with van der Waals surface area (Å²) in [5.74, 6) is 1.03. The average molecular weight is 280 g/mol. The normalized spacial score (nSPS) is 12.3. The number of hydrogen-bond acceptors (Lipinski definition) is 5. The second-order valence-corrected chi connectivity index (χ2v) is 4.83. The molecule has 0 fully saturated rings. The Hall–Kier alpha value is -2.53. The minimum Gasteiger partial charge on any atom is -0.419 e. The van der Waals surface area contributed by atoms with E-state index < -0.39 is 0 Å². The molecule has 21 heavy (non-hydrogen) atoms. The second kappa shape index (κ2) is 5.85. The number of nitrogens with one attached hydrogen (secondary N) is 1. The summed E-state index contributed by atoms with van der Waals surface area (Å²) >= 11 is 0. The third kappa shape index (κ3) is 2.83. The summed E-state index contributed by atoms with van der Waals surface area (Å²) in [6.07, 6.45) is 3.52. The maximum atomic E-state index is 5.81. The van der Waals surface area contributed by atoms with Crippen LogP contribution in [-0.2, 0) is 0 Å². The van der Waals surface area contributed by atoms with Gasteiger partial charge >= 0.3 is 0 Å². The number of aromatic nitrogens is 3. The van der Waals surface area contributed by atoms with Crippen molar-refractivity contribution in [2.45, 2.75) is 13.0 Å². The minimum absolute atomic E-state index is 0.120. The van der Waals surface area contributed by atoms with E-state index in [0.717, 1.165) is 16.7 Å². The lowest BCUT2D eigenvalue weighted by Crippen LogP contribution is -2.17. The Morgan fingerprint density at radius 2 is 1.90 bits per heavy atom. The summed E-state index contributed by atoms with van der Waals surface area (Å²) in [6.45, 7) is 1.98. The first-order valence-corrected chi connectivity index (χ1v) is 6.75. The zero-order valence-corrected chi connectivity index (χ0v) is 11.9. The predicted molar refractivity (Wildman–Crippen MR) is 79.6 cm³/mol. The van der Waals surface area contributed by atoms with Crippen LogP contribution in [0.4, 0.5) is 0 Å². The summed E-state index contributed by atoms with van der Waals surface area (Å²) in [7, 11) is 1.87. The van der Waals surface area contributed by atoms with Crippen LogP contribution in [0.3, 0.4) is 0 Å². The van der Waals surface area contributed by atoms with Gasteiger partial charge in [-0.15, -0.1) is 10.2 Å². The van der Waals surface area contributed by atoms with Gasteiger partial charge in [0, 0.05) is 12.4 Å². The van der Waals surface area contributed by atoms with E-state index in [-0.39, 0.29) is 6.04 Å². The van der Waals surface area contributed by atoms with E-state index in [1.165, 1.54) is 0 Å². The molecular formula is C16H16N4O. The maximum absolute atomic E-state index is 5.81. The number of aryl methyl sites for hydroxylation is 1. The van der Waals surface area contributed by atoms with Gasteiger partial charge in [0.15, 0.2) is 0 Å². The molecule has 3 aromatic rings. The molecule has 1 unspecified atom stereocenters. The van der Waals surface area contributed by atoms with Gasteiger partial charge in [0.2, 0.25) is 11.8 Å². The van der Waals surface area contributed by atoms with Crippen molar-refractivity contribution in [3.05, 3.63) is 65.8 Å². The van der Waals surface area contributed by atoms with Crippen LogP contribution < -0.4 is 5.32 Å². The molecule has 0 aliphatic carbocycles. The van der Waals surface area contributed by atoms with E-state index in [1.54, 1.807) is 12.4 Å². The number of nitrogens with zero attached hydrogens (tertiary/aromatic N) is 3. The van der Waals surface area contributed by atoms with Crippen LogP contribution in [-0.4, -0.2) is 22.2 Å². The third-order valence-electron chi connectivity index (χ3n) is 3.23. The molecule has 5 heteroatoms. The smallest absolute Gasteiger partial charge is 0.249 e. The van der Waals surface area contributed by atoms with Gasteiger partial charge in [-0.1, -0.05) is 30.3 Å². The fourth-order valence-electron chi connectivity index (χ4n) is 2.22. The molecule has 1 aromatic carbocycles. The largest absolute Gasteiger partial charge is 0.419 e. The van der Waals surface area contributed by atoms with Crippen molar-refractivity contribution in [2.24, 2.45) is 0 Å². The molecule has 3 rings (SSSR count). The SMILES string of the molecule is CNC(c1ccccc1)c1nnc(-c2cncc(C)c2)o1. The first kappa shape index (κ1) is 13.5. The Kier molecular flexibility index (Phi) is 3.75. The minimum atomic E-state index is -0.120. The van der Waals surface area contributed by atoms with Gasteiger partial charge in [0.05, 0.1) is 5.56 Å². The molecule has 1 N–H and O–H groups in total. The van der Waals surface area contributed by atoms with E-state index in [4.69, 9.17) is 4.42 Å². The van der Waals surface area contributed by atoms with Gasteiger partial charge in [-0.3, -0.25) is 4.98 Å². The van der Waals surface area contributed by atoms with E-state index >= 15 is 0 Å². The van der Waals surface area contributed by atoms with Crippen molar-refractivity contribution in [1.82, 2.24) is 20.5 Å². The quantitative estimate of drug-likeness (QED) is 0.796. The molecular weight excluding hydrogens is 264 g/mol. The molecule has 2 aromatic heterocycles. The van der Waals surface area contributed by atoms with Crippen molar-refractivity contribution in [3.63, 3.8) is 0 Å². The highest BCUT2D eigenvalue weighted by Crippen LogP contribution is 2.24. The van der Waals surface area contributed by atoms with Crippen LogP contribution >= 0.6 is 0 Å². The molecule has 0 aliphatic heterocycles. The second-order valence-electron chi connectivity index (χ2n) is 4.83. The molecule has 0 saturated heterocycles. The van der Waals surface area contributed by atoms with Crippen LogP contribution in [0.1, 0.15) is 23.1 Å². The Bertz CT molecular complexity index is 724. The Morgan fingerprint density at radius 3 is 2.62 bits per heavy atom. The summed E-state index contributed by atoms with van der Waals surface area (Å²) < 4.78 is 5.81. The maximum Gasteiger partial charge on any atom is 0.249 e. The van der Waals surface area contributed by atoms with Gasteiger partial charge in [0.1, 0.15) is 6.04 Å². The van der Waals surface area contributed by atoms with Crippen LogP contribution in [0.2, 0.25) is 0 Å². The first-order valence-electron chi connectivity index (χ1n) is 6.75. The zero-order valence-electron chi connectivity index (χ0n) is 11.9. The zero-order chi connectivity index (χ0) is 14.7. The van der Waals surface area contributed by atoms with Crippen LogP contribution in [0, 0.1) is 6.92 Å². The molecule has 0 amide bonds. The molecule has 106 valence electrons. The van der Waals surface area contributed by atoms with Gasteiger partial charge < -0.3 is 9.73 Å². The Balaban J connectivity index is 1.94. The lowest BCUT2D eigenvalue weighted by molar-refractivity contribution is 0.456. The highest BCUT2D eigenvalue weighted by atomic mass is 16.4. The standard InChI is InChI=1S/C16H16N4O/c1-11-8-13(10-18-9-11)15-19-20-16(21-15)14(17-2)12-6-4-3-5-7-12/h3-10,14,17H,1-2H3. The molecule has 0 aliphatic rings. The van der Waals surface area contributed by atoms with Gasteiger partial charge in [-0.25, -0.2) is 0 Å². The van der Waals surface area contributed by atoms with Crippen molar-refractivity contribution >= 4 is 0 Å². The highest BCUT2D eigenvalue weighted by Gasteiger charge is 2.19. The Morgan fingerprint density at radius 1 is 1.10 bits per heavy atom. The first-order chi connectivity index (χ1) is 10.3. The van der Waals surface area contributed by atoms with Gasteiger partial charge in [-0.05, 0) is 31.2 Å². The topological polar surface area (TPSA) is 63.8 Å². The molecule has 0 saturated carbocycles. The average Bonchev–Trinajstić information content (AvgIpc) is 2.99. The fraction of sp³-hybridized carbons (Fsp3) is 0.188. The number of rotatable bonds is 4. The van der Waals surface area contributed by atoms with Gasteiger partial charge in [-0.2, -0.15) is 0 Å². The van der Waals surface area contributed by atoms with Crippen molar-refractivity contribution < 1.29 is 4.42 Å². The molecule has 0 bridgehead atoms. The van der Waals surface area contributed by atoms with Crippen LogP contribution in [0.5, 0.6) is 0 Å². The Labute approximate surface area is 123 Å². The molecule has 2 heterocycles. The lowest BCUT2D eigenvalue weighted by Gasteiger charge is -2.11. The van der Waals surface area contributed by atoms with Gasteiger partial charge in [0.25, 0.3) is 0 Å². The summed E-state index contributed by atoms with van der Waals surface area (Å²) in [5.41, 5.74) is 2.97. The van der Waals surface area contributed by atoms with Crippen LogP contribution in [0.15, 0.2) is 53.2 Å². The summed E-state index contributed by atoms with van der Waals surface area (Å²) in [5, 5.41) is 11.5. The lowest BCUT2D eigenvalue weighted by atomic mass is 10.1. The summed E-state index contributed by atoms with van der Waals surface area (Å²) in [6, 6.07) is 11.9. The predicted octanol–water partition coefficient (Wildman–Crippen LogP) is 2.75. The third-order valence-corrected chi connectivity index (χ3v) is 3.23. The summed E-state index contributed by atoms with van der Waals surface area (Å²) in [4.78, 5) is 4.15. The monoisotopic (exact) mass is 280 g/mol. The van der Waals surface area contributed by atoms with E-state index in [9.17, 15) is 0 Å². The highest BCUT2D eigenvalue weighted by molar-refractivity contribution is 5.51. The molecule has 0 radical (unpaired) electrons. The molecule has 0 spiro atoms. The number of pyridine rings is 1. The van der Waals surface area contributed by atoms with E-state index in [2.05, 4.69) is 20.5 Å². The van der Waals surface area contributed by atoms with Crippen LogP contribution in [0.25, 0.3) is 11.5 Å². The molecule has 5 nitrogen and oxygen atoms in total. The number of benzene rings is 1. The number of hydrogen-bond donors (Lipinski definition) is 1. The van der Waals surface area contributed by atoms with E-state index in [0.29, 0.717) is 11.8 Å². The van der Waals surface area contributed by atoms with Crippen molar-refractivity contribution in [1.29, 1.82) is 0 Å². The molecule has 1 atom stereocenters. The fourth-order valence-corrected chi connectivity index (χ4v) is 2.22. The van der Waals surface area contributed by atoms with E-state index in [1.807, 2.05) is 50.4 Å².